The number of esters is 2. The van der Waals surface area contributed by atoms with Crippen molar-refractivity contribution in [1.29, 1.82) is 0 Å². The number of carbonyl (C=O) groups is 4. The van der Waals surface area contributed by atoms with E-state index >= 15 is 0 Å². The molecule has 41 heavy (non-hydrogen) atoms. The first-order valence-corrected chi connectivity index (χ1v) is 13.2. The van der Waals surface area contributed by atoms with Crippen molar-refractivity contribution in [2.75, 3.05) is 13.2 Å². The maximum absolute atomic E-state index is 12.6. The van der Waals surface area contributed by atoms with Crippen molar-refractivity contribution in [1.82, 2.24) is 0 Å². The van der Waals surface area contributed by atoms with Crippen molar-refractivity contribution < 1.29 is 47.6 Å². The third-order valence-corrected chi connectivity index (χ3v) is 5.58. The summed E-state index contributed by atoms with van der Waals surface area (Å²) in [6, 6.07) is 16.3. The summed E-state index contributed by atoms with van der Waals surface area (Å²) in [6.45, 7) is 6.21. The van der Waals surface area contributed by atoms with Crippen LogP contribution in [-0.2, 0) is 9.47 Å². The predicted molar refractivity (Wildman–Crippen MR) is 148 cm³/mol. The van der Waals surface area contributed by atoms with Gasteiger partial charge in [-0.3, -0.25) is 0 Å². The SMILES string of the molecule is CCCCOC(=O)Oc1ccc(C(=O)Oc2ccc(OC(=O)c3ccc(OC(=O)OCCCC)cc3)c(C)c2)cc1. The lowest BCUT2D eigenvalue weighted by atomic mass is 10.2. The Labute approximate surface area is 238 Å². The Hall–Kier alpha value is -4.86. The summed E-state index contributed by atoms with van der Waals surface area (Å²) < 4.78 is 30.9. The van der Waals surface area contributed by atoms with Gasteiger partial charge in [0.15, 0.2) is 0 Å². The van der Waals surface area contributed by atoms with E-state index in [0.29, 0.717) is 5.56 Å². The normalized spacial score (nSPS) is 10.3. The van der Waals surface area contributed by atoms with Crippen LogP contribution in [0.15, 0.2) is 66.7 Å². The number of rotatable bonds is 12. The number of carbonyl (C=O) groups excluding carboxylic acids is 4. The van der Waals surface area contributed by atoms with E-state index in [0.717, 1.165) is 25.7 Å². The van der Waals surface area contributed by atoms with Crippen LogP contribution < -0.4 is 18.9 Å². The number of ether oxygens (including phenoxy) is 6. The van der Waals surface area contributed by atoms with Gasteiger partial charge in [-0.15, -0.1) is 0 Å². The first-order chi connectivity index (χ1) is 19.8. The molecule has 0 amide bonds. The van der Waals surface area contributed by atoms with E-state index in [1.165, 1.54) is 60.7 Å². The van der Waals surface area contributed by atoms with E-state index in [9.17, 15) is 19.2 Å². The summed E-state index contributed by atoms with van der Waals surface area (Å²) in [6.07, 6.45) is 1.65. The standard InChI is InChI=1S/C31H32O10/c1-4-6-18-36-30(34)39-24-12-8-22(9-13-24)28(32)38-26-16-17-27(21(3)20-26)41-29(33)23-10-14-25(15-11-23)40-31(35)37-19-7-5-2/h8-17,20H,4-7,18-19H2,1-3H3. The number of benzene rings is 3. The average molecular weight is 565 g/mol. The topological polar surface area (TPSA) is 124 Å². The second kappa shape index (κ2) is 15.7. The van der Waals surface area contributed by atoms with E-state index in [1.807, 2.05) is 13.8 Å². The highest BCUT2D eigenvalue weighted by atomic mass is 16.7. The first-order valence-electron chi connectivity index (χ1n) is 13.2. The predicted octanol–water partition coefficient (Wildman–Crippen LogP) is 7.06. The smallest absolute Gasteiger partial charge is 0.434 e. The molecule has 0 atom stereocenters. The highest BCUT2D eigenvalue weighted by Gasteiger charge is 2.15. The Bertz CT molecular complexity index is 1330. The van der Waals surface area contributed by atoms with Gasteiger partial charge in [-0.05, 0) is 92.1 Å². The van der Waals surface area contributed by atoms with Gasteiger partial charge in [0.05, 0.1) is 24.3 Å². The molecule has 3 rings (SSSR count). The molecule has 10 nitrogen and oxygen atoms in total. The molecule has 3 aromatic carbocycles. The summed E-state index contributed by atoms with van der Waals surface area (Å²) in [7, 11) is 0. The second-order valence-corrected chi connectivity index (χ2v) is 8.86. The molecule has 0 aliphatic carbocycles. The zero-order valence-electron chi connectivity index (χ0n) is 23.2. The second-order valence-electron chi connectivity index (χ2n) is 8.86. The molecule has 0 fully saturated rings. The van der Waals surface area contributed by atoms with Crippen LogP contribution in [0.3, 0.4) is 0 Å². The van der Waals surface area contributed by atoms with Crippen LogP contribution in [0.4, 0.5) is 9.59 Å². The van der Waals surface area contributed by atoms with Gasteiger partial charge in [-0.1, -0.05) is 26.7 Å². The molecule has 0 saturated carbocycles. The summed E-state index contributed by atoms with van der Waals surface area (Å²) in [5.74, 6) is -0.245. The minimum atomic E-state index is -0.809. The van der Waals surface area contributed by atoms with Crippen LogP contribution in [0.1, 0.15) is 65.8 Å². The molecule has 0 heterocycles. The Morgan fingerprint density at radius 1 is 0.561 bits per heavy atom. The number of aryl methyl sites for hydroxylation is 1. The van der Waals surface area contributed by atoms with E-state index in [1.54, 1.807) is 13.0 Å². The van der Waals surface area contributed by atoms with E-state index in [4.69, 9.17) is 28.4 Å². The van der Waals surface area contributed by atoms with E-state index in [2.05, 4.69) is 0 Å². The summed E-state index contributed by atoms with van der Waals surface area (Å²) in [4.78, 5) is 48.5. The molecule has 0 aliphatic rings. The van der Waals surface area contributed by atoms with Gasteiger partial charge >= 0.3 is 24.2 Å². The third-order valence-electron chi connectivity index (χ3n) is 5.58. The van der Waals surface area contributed by atoms with Gasteiger partial charge in [-0.25, -0.2) is 19.2 Å². The zero-order valence-corrected chi connectivity index (χ0v) is 23.2. The van der Waals surface area contributed by atoms with Gasteiger partial charge in [0.1, 0.15) is 23.0 Å². The molecule has 3 aromatic rings. The monoisotopic (exact) mass is 564 g/mol. The van der Waals surface area contributed by atoms with Crippen molar-refractivity contribution in [3.8, 4) is 23.0 Å². The summed E-state index contributed by atoms with van der Waals surface area (Å²) in [5.41, 5.74) is 1.04. The Kier molecular flexibility index (Phi) is 11.7. The minimum Gasteiger partial charge on any atom is -0.434 e. The van der Waals surface area contributed by atoms with E-state index in [-0.39, 0.29) is 47.3 Å². The van der Waals surface area contributed by atoms with Gasteiger partial charge in [-0.2, -0.15) is 0 Å². The van der Waals surface area contributed by atoms with E-state index < -0.39 is 24.2 Å². The van der Waals surface area contributed by atoms with Crippen LogP contribution in [0.5, 0.6) is 23.0 Å². The van der Waals surface area contributed by atoms with Gasteiger partial charge < -0.3 is 28.4 Å². The van der Waals surface area contributed by atoms with Crippen molar-refractivity contribution in [3.63, 3.8) is 0 Å². The lowest BCUT2D eigenvalue weighted by Gasteiger charge is -2.11. The Morgan fingerprint density at radius 3 is 1.44 bits per heavy atom. The zero-order chi connectivity index (χ0) is 29.6. The molecule has 0 saturated heterocycles. The highest BCUT2D eigenvalue weighted by Crippen LogP contribution is 2.26. The fourth-order valence-electron chi connectivity index (χ4n) is 3.29. The van der Waals surface area contributed by atoms with Crippen LogP contribution in [-0.4, -0.2) is 37.5 Å². The minimum absolute atomic E-state index is 0.233. The fourth-order valence-corrected chi connectivity index (χ4v) is 3.29. The summed E-state index contributed by atoms with van der Waals surface area (Å²) in [5, 5.41) is 0. The van der Waals surface area contributed by atoms with Crippen LogP contribution in [0.25, 0.3) is 0 Å². The van der Waals surface area contributed by atoms with Crippen molar-refractivity contribution >= 4 is 24.2 Å². The molecule has 0 spiro atoms. The molecule has 0 radical (unpaired) electrons. The van der Waals surface area contributed by atoms with Gasteiger partial charge in [0.25, 0.3) is 0 Å². The fraction of sp³-hybridized carbons (Fsp3) is 0.290. The van der Waals surface area contributed by atoms with Crippen molar-refractivity contribution in [2.24, 2.45) is 0 Å². The molecule has 216 valence electrons. The molecule has 0 N–H and O–H groups in total. The number of hydrogen-bond donors (Lipinski definition) is 0. The lowest BCUT2D eigenvalue weighted by Crippen LogP contribution is -2.12. The van der Waals surface area contributed by atoms with Gasteiger partial charge in [0.2, 0.25) is 0 Å². The number of hydrogen-bond acceptors (Lipinski definition) is 10. The van der Waals surface area contributed by atoms with Crippen LogP contribution in [0.2, 0.25) is 0 Å². The molecule has 10 heteroatoms. The molecular weight excluding hydrogens is 532 g/mol. The Morgan fingerprint density at radius 2 is 1.00 bits per heavy atom. The molecule has 0 aromatic heterocycles. The Balaban J connectivity index is 1.52. The highest BCUT2D eigenvalue weighted by molar-refractivity contribution is 5.92. The summed E-state index contributed by atoms with van der Waals surface area (Å²) >= 11 is 0. The largest absolute Gasteiger partial charge is 0.513 e. The maximum Gasteiger partial charge on any atom is 0.513 e. The molecular formula is C31H32O10. The lowest BCUT2D eigenvalue weighted by molar-refractivity contribution is 0.0718. The molecule has 0 bridgehead atoms. The molecule has 0 aliphatic heterocycles. The van der Waals surface area contributed by atoms with Crippen molar-refractivity contribution in [2.45, 2.75) is 46.5 Å². The van der Waals surface area contributed by atoms with Crippen molar-refractivity contribution in [3.05, 3.63) is 83.4 Å². The van der Waals surface area contributed by atoms with Crippen LogP contribution >= 0.6 is 0 Å². The van der Waals surface area contributed by atoms with Gasteiger partial charge in [0, 0.05) is 0 Å². The quantitative estimate of drug-likeness (QED) is 0.0977. The average Bonchev–Trinajstić information content (AvgIpc) is 2.95. The maximum atomic E-state index is 12.6. The first kappa shape index (κ1) is 30.7. The number of unbranched alkanes of at least 4 members (excludes halogenated alkanes) is 2. The molecule has 0 unspecified atom stereocenters. The van der Waals surface area contributed by atoms with Crippen LogP contribution in [0, 0.1) is 6.92 Å². The third kappa shape index (κ3) is 9.99.